The van der Waals surface area contributed by atoms with Crippen LogP contribution in [-0.2, 0) is 16.1 Å². The number of piperidine rings is 1. The van der Waals surface area contributed by atoms with E-state index in [2.05, 4.69) is 28.1 Å². The molecule has 1 aliphatic rings. The Kier molecular flexibility index (Phi) is 4.65. The molecule has 122 valence electrons. The molecule has 0 atom stereocenters. The van der Waals surface area contributed by atoms with Gasteiger partial charge in [-0.05, 0) is 30.4 Å². The fourth-order valence-corrected chi connectivity index (χ4v) is 3.27. The van der Waals surface area contributed by atoms with Gasteiger partial charge in [0, 0.05) is 50.7 Å². The lowest BCUT2D eigenvalue weighted by Gasteiger charge is -2.32. The lowest BCUT2D eigenvalue weighted by atomic mass is 10.0. The monoisotopic (exact) mass is 313 g/mol. The summed E-state index contributed by atoms with van der Waals surface area (Å²) in [6.07, 6.45) is 4.25. The maximum atomic E-state index is 12.4. The Bertz CT molecular complexity index is 699. The van der Waals surface area contributed by atoms with Crippen molar-refractivity contribution in [3.63, 3.8) is 0 Å². The van der Waals surface area contributed by atoms with Crippen LogP contribution >= 0.6 is 0 Å². The van der Waals surface area contributed by atoms with Gasteiger partial charge >= 0.3 is 0 Å². The van der Waals surface area contributed by atoms with Gasteiger partial charge in [0.2, 0.25) is 11.8 Å². The molecule has 2 aromatic rings. The highest BCUT2D eigenvalue weighted by atomic mass is 16.2. The van der Waals surface area contributed by atoms with Gasteiger partial charge in [0.15, 0.2) is 0 Å². The van der Waals surface area contributed by atoms with E-state index in [1.54, 1.807) is 6.92 Å². The summed E-state index contributed by atoms with van der Waals surface area (Å²) in [6, 6.07) is 10.5. The van der Waals surface area contributed by atoms with Crippen molar-refractivity contribution in [3.05, 3.63) is 36.5 Å². The highest BCUT2D eigenvalue weighted by Gasteiger charge is 2.22. The Balaban J connectivity index is 1.51. The summed E-state index contributed by atoms with van der Waals surface area (Å²) in [5, 5.41) is 4.14. The van der Waals surface area contributed by atoms with E-state index in [1.807, 2.05) is 23.2 Å². The van der Waals surface area contributed by atoms with E-state index in [1.165, 1.54) is 10.9 Å². The van der Waals surface area contributed by atoms with Crippen molar-refractivity contribution in [3.8, 4) is 0 Å². The van der Waals surface area contributed by atoms with Gasteiger partial charge in [-0.3, -0.25) is 9.59 Å². The number of likely N-dealkylation sites (tertiary alicyclic amines) is 1. The third-order valence-electron chi connectivity index (χ3n) is 4.50. The molecule has 23 heavy (non-hydrogen) atoms. The van der Waals surface area contributed by atoms with E-state index in [0.29, 0.717) is 13.0 Å². The van der Waals surface area contributed by atoms with E-state index >= 15 is 0 Å². The zero-order valence-corrected chi connectivity index (χ0v) is 13.5. The van der Waals surface area contributed by atoms with Gasteiger partial charge in [0.05, 0.1) is 0 Å². The molecule has 0 spiro atoms. The number of nitrogens with zero attached hydrogens (tertiary/aromatic N) is 2. The highest BCUT2D eigenvalue weighted by molar-refractivity contribution is 5.80. The Hall–Kier alpha value is -2.30. The van der Waals surface area contributed by atoms with Crippen molar-refractivity contribution < 1.29 is 9.59 Å². The number of benzene rings is 1. The topological polar surface area (TPSA) is 54.3 Å². The smallest absolute Gasteiger partial charge is 0.224 e. The standard InChI is InChI=1S/C18H23N3O2/c1-14(22)19-16-7-11-21(12-8-16)18(23)9-13-20-10-6-15-4-2-3-5-17(15)20/h2-6,10,16H,7-9,11-13H2,1H3,(H,19,22). The third kappa shape index (κ3) is 3.73. The van der Waals surface area contributed by atoms with Crippen LogP contribution in [0.3, 0.4) is 0 Å². The van der Waals surface area contributed by atoms with Crippen molar-refractivity contribution in [2.45, 2.75) is 38.8 Å². The van der Waals surface area contributed by atoms with Crippen LogP contribution in [0, 0.1) is 0 Å². The fourth-order valence-electron chi connectivity index (χ4n) is 3.27. The summed E-state index contributed by atoms with van der Waals surface area (Å²) in [7, 11) is 0. The molecule has 0 aliphatic carbocycles. The molecule has 1 N–H and O–H groups in total. The van der Waals surface area contributed by atoms with Crippen LogP contribution < -0.4 is 5.32 Å². The lowest BCUT2D eigenvalue weighted by molar-refractivity contribution is -0.132. The first-order valence-corrected chi connectivity index (χ1v) is 8.22. The first-order chi connectivity index (χ1) is 11.1. The molecule has 0 bridgehead atoms. The molecule has 5 heteroatoms. The second-order valence-electron chi connectivity index (χ2n) is 6.17. The van der Waals surface area contributed by atoms with Crippen LogP contribution in [0.15, 0.2) is 36.5 Å². The van der Waals surface area contributed by atoms with Crippen LogP contribution in [0.1, 0.15) is 26.2 Å². The minimum atomic E-state index is 0.00858. The van der Waals surface area contributed by atoms with Crippen LogP contribution in [-0.4, -0.2) is 40.4 Å². The van der Waals surface area contributed by atoms with Gasteiger partial charge in [-0.15, -0.1) is 0 Å². The van der Waals surface area contributed by atoms with Crippen LogP contribution in [0.25, 0.3) is 10.9 Å². The van der Waals surface area contributed by atoms with Gasteiger partial charge in [-0.2, -0.15) is 0 Å². The number of rotatable bonds is 4. The van der Waals surface area contributed by atoms with Crippen molar-refractivity contribution in [2.75, 3.05) is 13.1 Å². The molecule has 1 aliphatic heterocycles. The number of nitrogens with one attached hydrogen (secondary N) is 1. The third-order valence-corrected chi connectivity index (χ3v) is 4.50. The number of aryl methyl sites for hydroxylation is 1. The largest absolute Gasteiger partial charge is 0.353 e. The molecule has 2 amide bonds. The predicted molar refractivity (Wildman–Crippen MR) is 90.0 cm³/mol. The minimum absolute atomic E-state index is 0.00858. The quantitative estimate of drug-likeness (QED) is 0.940. The van der Waals surface area contributed by atoms with Gasteiger partial charge in [-0.1, -0.05) is 18.2 Å². The Morgan fingerprint density at radius 2 is 1.91 bits per heavy atom. The number of fused-ring (bicyclic) bond motifs is 1. The molecule has 1 saturated heterocycles. The molecule has 1 aromatic carbocycles. The number of para-hydroxylation sites is 1. The molecule has 1 aromatic heterocycles. The average molecular weight is 313 g/mol. The predicted octanol–water partition coefficient (Wildman–Crippen LogP) is 2.16. The fraction of sp³-hybridized carbons (Fsp3) is 0.444. The van der Waals surface area contributed by atoms with Crippen LogP contribution in [0.4, 0.5) is 0 Å². The van der Waals surface area contributed by atoms with Crippen LogP contribution in [0.5, 0.6) is 0 Å². The average Bonchev–Trinajstić information content (AvgIpc) is 2.96. The number of hydrogen-bond acceptors (Lipinski definition) is 2. The Morgan fingerprint density at radius 3 is 2.65 bits per heavy atom. The molecule has 1 fully saturated rings. The first-order valence-electron chi connectivity index (χ1n) is 8.22. The van der Waals surface area contributed by atoms with Crippen molar-refractivity contribution >= 4 is 22.7 Å². The number of hydrogen-bond donors (Lipinski definition) is 1. The van der Waals surface area contributed by atoms with Crippen LogP contribution in [0.2, 0.25) is 0 Å². The minimum Gasteiger partial charge on any atom is -0.353 e. The summed E-state index contributed by atoms with van der Waals surface area (Å²) < 4.78 is 2.14. The van der Waals surface area contributed by atoms with Gasteiger partial charge in [0.1, 0.15) is 0 Å². The number of carbonyl (C=O) groups is 2. The molecule has 0 unspecified atom stereocenters. The zero-order chi connectivity index (χ0) is 16.2. The van der Waals surface area contributed by atoms with Gasteiger partial charge < -0.3 is 14.8 Å². The second kappa shape index (κ2) is 6.86. The van der Waals surface area contributed by atoms with Gasteiger partial charge in [0.25, 0.3) is 0 Å². The maximum absolute atomic E-state index is 12.4. The SMILES string of the molecule is CC(=O)NC1CCN(C(=O)CCn2ccc3ccccc32)CC1. The molecular formula is C18H23N3O2. The zero-order valence-electron chi connectivity index (χ0n) is 13.5. The number of carbonyl (C=O) groups excluding carboxylic acids is 2. The lowest BCUT2D eigenvalue weighted by Crippen LogP contribution is -2.46. The summed E-state index contributed by atoms with van der Waals surface area (Å²) >= 11 is 0. The Labute approximate surface area is 136 Å². The van der Waals surface area contributed by atoms with Crippen molar-refractivity contribution in [1.29, 1.82) is 0 Å². The van der Waals surface area contributed by atoms with Crippen molar-refractivity contribution in [2.24, 2.45) is 0 Å². The molecule has 5 nitrogen and oxygen atoms in total. The summed E-state index contributed by atoms with van der Waals surface area (Å²) in [5.41, 5.74) is 1.17. The van der Waals surface area contributed by atoms with E-state index < -0.39 is 0 Å². The van der Waals surface area contributed by atoms with E-state index in [-0.39, 0.29) is 17.9 Å². The molecule has 0 saturated carbocycles. The molecular weight excluding hydrogens is 290 g/mol. The van der Waals surface area contributed by atoms with E-state index in [9.17, 15) is 9.59 Å². The highest BCUT2D eigenvalue weighted by Crippen LogP contribution is 2.16. The number of aromatic nitrogens is 1. The van der Waals surface area contributed by atoms with Gasteiger partial charge in [-0.25, -0.2) is 0 Å². The number of amides is 2. The summed E-state index contributed by atoms with van der Waals surface area (Å²) in [5.74, 6) is 0.207. The van der Waals surface area contributed by atoms with E-state index in [0.717, 1.165) is 25.9 Å². The molecule has 3 rings (SSSR count). The molecule has 2 heterocycles. The summed E-state index contributed by atoms with van der Waals surface area (Å²) in [4.78, 5) is 25.4. The van der Waals surface area contributed by atoms with E-state index in [4.69, 9.17) is 0 Å². The summed E-state index contributed by atoms with van der Waals surface area (Å²) in [6.45, 7) is 3.71. The molecule has 0 radical (unpaired) electrons. The first kappa shape index (κ1) is 15.6. The Morgan fingerprint density at radius 1 is 1.17 bits per heavy atom. The van der Waals surface area contributed by atoms with Crippen molar-refractivity contribution in [1.82, 2.24) is 14.8 Å². The maximum Gasteiger partial charge on any atom is 0.224 e. The normalized spacial score (nSPS) is 15.8. The second-order valence-corrected chi connectivity index (χ2v) is 6.17.